The van der Waals surface area contributed by atoms with Crippen LogP contribution in [0.3, 0.4) is 0 Å². The van der Waals surface area contributed by atoms with Gasteiger partial charge in [-0.15, -0.1) is 22.9 Å². The molecule has 114 valence electrons. The van der Waals surface area contributed by atoms with Crippen LogP contribution in [0.5, 0.6) is 0 Å². The number of thiazole rings is 1. The number of hydrogen-bond acceptors (Lipinski definition) is 4. The Hall–Kier alpha value is -0.810. The molecule has 1 heterocycles. The second-order valence-electron chi connectivity index (χ2n) is 5.82. The average Bonchev–Trinajstić information content (AvgIpc) is 2.81. The van der Waals surface area contributed by atoms with Crippen LogP contribution in [0.15, 0.2) is 5.38 Å². The zero-order chi connectivity index (χ0) is 15.3. The number of rotatable bonds is 5. The van der Waals surface area contributed by atoms with Gasteiger partial charge in [-0.05, 0) is 26.7 Å². The first-order valence-electron chi connectivity index (χ1n) is 6.76. The molecule has 4 nitrogen and oxygen atoms in total. The van der Waals surface area contributed by atoms with Gasteiger partial charge in [0.25, 0.3) is 0 Å². The molecule has 0 fully saturated rings. The summed E-state index contributed by atoms with van der Waals surface area (Å²) in [6.07, 6.45) is 0.529. The lowest BCUT2D eigenvalue weighted by atomic mass is 10.00. The first-order chi connectivity index (χ1) is 9.26. The highest BCUT2D eigenvalue weighted by atomic mass is 35.5. The van der Waals surface area contributed by atoms with Crippen molar-refractivity contribution in [2.24, 2.45) is 5.92 Å². The van der Waals surface area contributed by atoms with Crippen molar-refractivity contribution in [1.29, 1.82) is 0 Å². The Bertz CT molecular complexity index is 443. The third-order valence-electron chi connectivity index (χ3n) is 2.86. The van der Waals surface area contributed by atoms with Crippen LogP contribution in [-0.2, 0) is 10.6 Å². The number of alkyl carbamates (subject to hydrolysis) is 1. The minimum absolute atomic E-state index is 0.142. The number of aromatic nitrogens is 1. The molecule has 6 heteroatoms. The van der Waals surface area contributed by atoms with Gasteiger partial charge in [0.15, 0.2) is 0 Å². The van der Waals surface area contributed by atoms with Crippen molar-refractivity contribution in [3.8, 4) is 0 Å². The normalized spacial score (nSPS) is 14.7. The predicted octanol–water partition coefficient (Wildman–Crippen LogP) is 4.49. The minimum Gasteiger partial charge on any atom is -0.444 e. The maximum atomic E-state index is 12.0. The Labute approximate surface area is 129 Å². The summed E-state index contributed by atoms with van der Waals surface area (Å²) in [6.45, 7) is 9.72. The first kappa shape index (κ1) is 17.2. The van der Waals surface area contributed by atoms with Crippen LogP contribution in [0.1, 0.15) is 57.8 Å². The van der Waals surface area contributed by atoms with E-state index in [1.807, 2.05) is 26.2 Å². The molecular weight excluding hydrogens is 296 g/mol. The number of ether oxygens (including phenoxy) is 1. The quantitative estimate of drug-likeness (QED) is 0.813. The van der Waals surface area contributed by atoms with Gasteiger partial charge in [0.1, 0.15) is 10.6 Å². The molecule has 0 spiro atoms. The molecule has 0 saturated carbocycles. The van der Waals surface area contributed by atoms with Gasteiger partial charge in [-0.2, -0.15) is 0 Å². The lowest BCUT2D eigenvalue weighted by Gasteiger charge is -2.25. The van der Waals surface area contributed by atoms with Gasteiger partial charge in [-0.1, -0.05) is 20.3 Å². The third-order valence-corrected chi connectivity index (χ3v) is 4.11. The van der Waals surface area contributed by atoms with Gasteiger partial charge in [-0.25, -0.2) is 9.78 Å². The zero-order valence-corrected chi connectivity index (χ0v) is 14.3. The summed E-state index contributed by atoms with van der Waals surface area (Å²) in [6, 6.07) is -0.142. The Balaban J connectivity index is 2.82. The fraction of sp³-hybridized carbons (Fsp3) is 0.714. The van der Waals surface area contributed by atoms with E-state index in [2.05, 4.69) is 24.1 Å². The van der Waals surface area contributed by atoms with Crippen molar-refractivity contribution in [2.45, 2.75) is 58.6 Å². The molecule has 1 rings (SSSR count). The smallest absolute Gasteiger partial charge is 0.408 e. The molecule has 0 aliphatic rings. The predicted molar refractivity (Wildman–Crippen MR) is 83.2 cm³/mol. The van der Waals surface area contributed by atoms with Crippen LogP contribution < -0.4 is 5.32 Å². The fourth-order valence-electron chi connectivity index (χ4n) is 1.64. The van der Waals surface area contributed by atoms with E-state index < -0.39 is 11.7 Å². The number of carbonyl (C=O) groups is 1. The Morgan fingerprint density at radius 3 is 2.65 bits per heavy atom. The fourth-order valence-corrected chi connectivity index (χ4v) is 2.87. The summed E-state index contributed by atoms with van der Waals surface area (Å²) in [5.74, 6) is 0.660. The topological polar surface area (TPSA) is 51.2 Å². The highest BCUT2D eigenvalue weighted by Crippen LogP contribution is 2.28. The standard InChI is InChI=1S/C14H23ClN2O2S/c1-6-9(2)11(12-16-10(7-15)8-20-12)17-13(18)19-14(3,4)5/h8-9,11H,6-7H2,1-5H3,(H,17,18)/t9-,11-/m0/s1. The Morgan fingerprint density at radius 1 is 1.55 bits per heavy atom. The second-order valence-corrected chi connectivity index (χ2v) is 6.98. The van der Waals surface area contributed by atoms with Crippen LogP contribution in [-0.4, -0.2) is 16.7 Å². The minimum atomic E-state index is -0.506. The SMILES string of the molecule is CC[C@H](C)[C@H](NC(=O)OC(C)(C)C)c1nc(CCl)cs1. The number of nitrogens with zero attached hydrogens (tertiary/aromatic N) is 1. The van der Waals surface area contributed by atoms with E-state index in [4.69, 9.17) is 16.3 Å². The van der Waals surface area contributed by atoms with E-state index >= 15 is 0 Å². The Kier molecular flexibility index (Phi) is 6.27. The molecule has 1 N–H and O–H groups in total. The van der Waals surface area contributed by atoms with Crippen LogP contribution in [0.25, 0.3) is 0 Å². The molecule has 0 saturated heterocycles. The summed E-state index contributed by atoms with van der Waals surface area (Å²) < 4.78 is 5.32. The molecule has 0 unspecified atom stereocenters. The van der Waals surface area contributed by atoms with E-state index in [-0.39, 0.29) is 12.0 Å². The number of carbonyl (C=O) groups excluding carboxylic acids is 1. The maximum Gasteiger partial charge on any atom is 0.408 e. The Morgan fingerprint density at radius 2 is 2.20 bits per heavy atom. The van der Waals surface area contributed by atoms with Crippen LogP contribution >= 0.6 is 22.9 Å². The van der Waals surface area contributed by atoms with E-state index in [9.17, 15) is 4.79 Å². The number of alkyl halides is 1. The van der Waals surface area contributed by atoms with Crippen LogP contribution in [0, 0.1) is 5.92 Å². The summed E-state index contributed by atoms with van der Waals surface area (Å²) >= 11 is 7.30. The highest BCUT2D eigenvalue weighted by Gasteiger charge is 2.26. The summed E-state index contributed by atoms with van der Waals surface area (Å²) in [5.41, 5.74) is 0.333. The van der Waals surface area contributed by atoms with Crippen LogP contribution in [0.2, 0.25) is 0 Å². The molecule has 1 aromatic heterocycles. The molecular formula is C14H23ClN2O2S. The number of amides is 1. The molecule has 0 aliphatic carbocycles. The lowest BCUT2D eigenvalue weighted by Crippen LogP contribution is -2.37. The molecule has 0 aromatic carbocycles. The summed E-state index contributed by atoms with van der Waals surface area (Å²) in [5, 5.41) is 5.72. The second kappa shape index (κ2) is 7.27. The molecule has 1 amide bonds. The van der Waals surface area contributed by atoms with E-state index in [1.54, 1.807) is 0 Å². The summed E-state index contributed by atoms with van der Waals surface area (Å²) in [7, 11) is 0. The average molecular weight is 319 g/mol. The van der Waals surface area contributed by atoms with E-state index in [1.165, 1.54) is 11.3 Å². The van der Waals surface area contributed by atoms with Crippen molar-refractivity contribution >= 4 is 29.0 Å². The van der Waals surface area contributed by atoms with E-state index in [0.717, 1.165) is 17.1 Å². The maximum absolute atomic E-state index is 12.0. The summed E-state index contributed by atoms with van der Waals surface area (Å²) in [4.78, 5) is 16.4. The van der Waals surface area contributed by atoms with Gasteiger partial charge >= 0.3 is 6.09 Å². The van der Waals surface area contributed by atoms with Crippen molar-refractivity contribution in [2.75, 3.05) is 0 Å². The van der Waals surface area contributed by atoms with Gasteiger partial charge in [0.2, 0.25) is 0 Å². The molecule has 0 radical (unpaired) electrons. The molecule has 0 bridgehead atoms. The number of hydrogen-bond donors (Lipinski definition) is 1. The zero-order valence-electron chi connectivity index (χ0n) is 12.7. The molecule has 0 aliphatic heterocycles. The lowest BCUT2D eigenvalue weighted by molar-refractivity contribution is 0.0486. The van der Waals surface area contributed by atoms with Gasteiger partial charge in [0.05, 0.1) is 17.6 Å². The van der Waals surface area contributed by atoms with Gasteiger partial charge < -0.3 is 10.1 Å². The highest BCUT2D eigenvalue weighted by molar-refractivity contribution is 7.09. The molecule has 1 aromatic rings. The molecule has 20 heavy (non-hydrogen) atoms. The largest absolute Gasteiger partial charge is 0.444 e. The van der Waals surface area contributed by atoms with Gasteiger partial charge in [0, 0.05) is 5.38 Å². The van der Waals surface area contributed by atoms with Gasteiger partial charge in [-0.3, -0.25) is 0 Å². The molecule has 2 atom stereocenters. The van der Waals surface area contributed by atoms with E-state index in [0.29, 0.717) is 5.88 Å². The number of halogens is 1. The van der Waals surface area contributed by atoms with Crippen molar-refractivity contribution in [3.05, 3.63) is 16.1 Å². The first-order valence-corrected chi connectivity index (χ1v) is 8.18. The number of nitrogens with one attached hydrogen (secondary N) is 1. The third kappa shape index (κ3) is 5.29. The van der Waals surface area contributed by atoms with Crippen molar-refractivity contribution in [3.63, 3.8) is 0 Å². The van der Waals surface area contributed by atoms with Crippen molar-refractivity contribution < 1.29 is 9.53 Å². The van der Waals surface area contributed by atoms with Crippen molar-refractivity contribution in [1.82, 2.24) is 10.3 Å². The van der Waals surface area contributed by atoms with Crippen LogP contribution in [0.4, 0.5) is 4.79 Å². The monoisotopic (exact) mass is 318 g/mol.